The molecule has 0 aliphatic carbocycles. The molecule has 0 spiro atoms. The summed E-state index contributed by atoms with van der Waals surface area (Å²) in [6, 6.07) is 8.31. The summed E-state index contributed by atoms with van der Waals surface area (Å²) in [5.74, 6) is 0.672. The van der Waals surface area contributed by atoms with Crippen molar-refractivity contribution in [1.82, 2.24) is 30.9 Å². The van der Waals surface area contributed by atoms with Crippen LogP contribution in [0.5, 0.6) is 0 Å². The number of aromatic amines is 2. The Morgan fingerprint density at radius 1 is 1.18 bits per heavy atom. The molecule has 0 unspecified atom stereocenters. The number of hydrogen-bond donors (Lipinski definition) is 3. The Labute approximate surface area is 97.4 Å². The third kappa shape index (κ3) is 2.02. The standard InChI is InChI=1S/C11H12N6/c1-2-8(9-4-5-13-10(9)3-1)6-12-7-11-14-16-17-15-11/h1-5,12-13H,6-7H2,(H,14,15,16,17). The van der Waals surface area contributed by atoms with E-state index in [1.54, 1.807) is 0 Å². The van der Waals surface area contributed by atoms with Gasteiger partial charge in [-0.3, -0.25) is 0 Å². The quantitative estimate of drug-likeness (QED) is 0.621. The predicted molar refractivity (Wildman–Crippen MR) is 63.0 cm³/mol. The maximum Gasteiger partial charge on any atom is 0.188 e. The van der Waals surface area contributed by atoms with Gasteiger partial charge in [0.1, 0.15) is 0 Å². The lowest BCUT2D eigenvalue weighted by Crippen LogP contribution is -2.13. The Kier molecular flexibility index (Phi) is 2.55. The zero-order valence-electron chi connectivity index (χ0n) is 9.14. The molecule has 2 aromatic heterocycles. The zero-order valence-corrected chi connectivity index (χ0v) is 9.14. The van der Waals surface area contributed by atoms with Gasteiger partial charge in [0, 0.05) is 23.6 Å². The van der Waals surface area contributed by atoms with Gasteiger partial charge in [0.05, 0.1) is 6.54 Å². The van der Waals surface area contributed by atoms with Gasteiger partial charge in [0.15, 0.2) is 5.82 Å². The molecule has 6 heteroatoms. The number of H-pyrrole nitrogens is 2. The Morgan fingerprint density at radius 3 is 3.06 bits per heavy atom. The van der Waals surface area contributed by atoms with Crippen molar-refractivity contribution in [2.75, 3.05) is 0 Å². The molecule has 0 saturated heterocycles. The highest BCUT2D eigenvalue weighted by Crippen LogP contribution is 2.16. The number of nitrogens with one attached hydrogen (secondary N) is 3. The maximum absolute atomic E-state index is 3.88. The van der Waals surface area contributed by atoms with Gasteiger partial charge in [-0.25, -0.2) is 0 Å². The van der Waals surface area contributed by atoms with Crippen molar-refractivity contribution < 1.29 is 0 Å². The van der Waals surface area contributed by atoms with E-state index in [1.807, 2.05) is 12.3 Å². The normalized spacial score (nSPS) is 11.1. The second kappa shape index (κ2) is 4.34. The summed E-state index contributed by atoms with van der Waals surface area (Å²) in [6.07, 6.45) is 1.95. The Balaban J connectivity index is 1.70. The van der Waals surface area contributed by atoms with E-state index in [0.717, 1.165) is 12.1 Å². The van der Waals surface area contributed by atoms with E-state index in [1.165, 1.54) is 10.9 Å². The van der Waals surface area contributed by atoms with Gasteiger partial charge in [-0.2, -0.15) is 5.21 Å². The van der Waals surface area contributed by atoms with Crippen molar-refractivity contribution in [3.05, 3.63) is 41.9 Å². The molecule has 3 N–H and O–H groups in total. The van der Waals surface area contributed by atoms with E-state index in [9.17, 15) is 0 Å². The number of aromatic nitrogens is 5. The molecule has 86 valence electrons. The van der Waals surface area contributed by atoms with Crippen LogP contribution in [0.4, 0.5) is 0 Å². The molecule has 0 atom stereocenters. The number of hydrogen-bond acceptors (Lipinski definition) is 4. The Morgan fingerprint density at radius 2 is 2.18 bits per heavy atom. The molecule has 3 rings (SSSR count). The fourth-order valence-electron chi connectivity index (χ4n) is 1.87. The molecule has 17 heavy (non-hydrogen) atoms. The van der Waals surface area contributed by atoms with E-state index in [-0.39, 0.29) is 0 Å². The van der Waals surface area contributed by atoms with E-state index >= 15 is 0 Å². The molecule has 0 bridgehead atoms. The summed E-state index contributed by atoms with van der Waals surface area (Å²) in [4.78, 5) is 3.20. The average molecular weight is 228 g/mol. The van der Waals surface area contributed by atoms with Crippen LogP contribution in [0, 0.1) is 0 Å². The minimum absolute atomic E-state index is 0.608. The minimum Gasteiger partial charge on any atom is -0.361 e. The highest BCUT2D eigenvalue weighted by Gasteiger charge is 2.02. The second-order valence-corrected chi connectivity index (χ2v) is 3.79. The third-order valence-electron chi connectivity index (χ3n) is 2.67. The van der Waals surface area contributed by atoms with Crippen LogP contribution >= 0.6 is 0 Å². The van der Waals surface area contributed by atoms with Crippen molar-refractivity contribution in [3.8, 4) is 0 Å². The Bertz CT molecular complexity index is 597. The lowest BCUT2D eigenvalue weighted by Gasteiger charge is -2.03. The molecule has 1 aromatic carbocycles. The van der Waals surface area contributed by atoms with Crippen LogP contribution in [0.15, 0.2) is 30.5 Å². The number of rotatable bonds is 4. The van der Waals surface area contributed by atoms with Crippen molar-refractivity contribution in [3.63, 3.8) is 0 Å². The molecule has 0 fully saturated rings. The van der Waals surface area contributed by atoms with Crippen LogP contribution < -0.4 is 5.32 Å². The van der Waals surface area contributed by atoms with Gasteiger partial charge in [-0.1, -0.05) is 17.3 Å². The lowest BCUT2D eigenvalue weighted by molar-refractivity contribution is 0.666. The van der Waals surface area contributed by atoms with Crippen molar-refractivity contribution in [1.29, 1.82) is 0 Å². The van der Waals surface area contributed by atoms with Crippen LogP contribution in [-0.2, 0) is 13.1 Å². The van der Waals surface area contributed by atoms with Crippen LogP contribution in [-0.4, -0.2) is 25.6 Å². The summed E-state index contributed by atoms with van der Waals surface area (Å²) in [5, 5.41) is 18.2. The molecule has 6 nitrogen and oxygen atoms in total. The number of fused-ring (bicyclic) bond motifs is 1. The smallest absolute Gasteiger partial charge is 0.188 e. The molecule has 0 aliphatic heterocycles. The molecule has 2 heterocycles. The van der Waals surface area contributed by atoms with Gasteiger partial charge >= 0.3 is 0 Å². The highest BCUT2D eigenvalue weighted by atomic mass is 15.5. The van der Waals surface area contributed by atoms with Crippen molar-refractivity contribution >= 4 is 10.9 Å². The maximum atomic E-state index is 3.88. The number of benzene rings is 1. The molecular weight excluding hydrogens is 216 g/mol. The van der Waals surface area contributed by atoms with Gasteiger partial charge < -0.3 is 10.3 Å². The van der Waals surface area contributed by atoms with Crippen LogP contribution in [0.1, 0.15) is 11.4 Å². The minimum atomic E-state index is 0.608. The zero-order chi connectivity index (χ0) is 11.5. The summed E-state index contributed by atoms with van der Waals surface area (Å²) < 4.78 is 0. The topological polar surface area (TPSA) is 82.3 Å². The van der Waals surface area contributed by atoms with Crippen LogP contribution in [0.2, 0.25) is 0 Å². The van der Waals surface area contributed by atoms with E-state index in [2.05, 4.69) is 49.1 Å². The molecule has 3 aromatic rings. The molecular formula is C11H12N6. The second-order valence-electron chi connectivity index (χ2n) is 3.79. The first-order valence-corrected chi connectivity index (χ1v) is 5.41. The first-order valence-electron chi connectivity index (χ1n) is 5.41. The first-order chi connectivity index (χ1) is 8.43. The van der Waals surface area contributed by atoms with Crippen molar-refractivity contribution in [2.45, 2.75) is 13.1 Å². The van der Waals surface area contributed by atoms with Crippen molar-refractivity contribution in [2.24, 2.45) is 0 Å². The fourth-order valence-corrected chi connectivity index (χ4v) is 1.87. The summed E-state index contributed by atoms with van der Waals surface area (Å²) in [5.41, 5.74) is 2.41. The average Bonchev–Trinajstić information content (AvgIpc) is 2.99. The third-order valence-corrected chi connectivity index (χ3v) is 2.67. The fraction of sp³-hybridized carbons (Fsp3) is 0.182. The van der Waals surface area contributed by atoms with Crippen LogP contribution in [0.25, 0.3) is 10.9 Å². The van der Waals surface area contributed by atoms with E-state index < -0.39 is 0 Å². The Hall–Kier alpha value is -2.21. The van der Waals surface area contributed by atoms with Gasteiger partial charge in [-0.05, 0) is 17.7 Å². The van der Waals surface area contributed by atoms with E-state index in [0.29, 0.717) is 12.4 Å². The highest BCUT2D eigenvalue weighted by molar-refractivity contribution is 5.82. The SMILES string of the molecule is c1cc(CNCc2nn[nH]n2)c2cc[nH]c2c1. The molecule has 0 aliphatic rings. The monoisotopic (exact) mass is 228 g/mol. The van der Waals surface area contributed by atoms with Crippen LogP contribution in [0.3, 0.4) is 0 Å². The molecule has 0 saturated carbocycles. The first kappa shape index (κ1) is 9.98. The summed E-state index contributed by atoms with van der Waals surface area (Å²) in [7, 11) is 0. The van der Waals surface area contributed by atoms with E-state index in [4.69, 9.17) is 0 Å². The van der Waals surface area contributed by atoms with Gasteiger partial charge in [0.2, 0.25) is 0 Å². The van der Waals surface area contributed by atoms with Gasteiger partial charge in [-0.15, -0.1) is 10.2 Å². The largest absolute Gasteiger partial charge is 0.361 e. The summed E-state index contributed by atoms with van der Waals surface area (Å²) in [6.45, 7) is 1.39. The number of tetrazole rings is 1. The summed E-state index contributed by atoms with van der Waals surface area (Å²) >= 11 is 0. The lowest BCUT2D eigenvalue weighted by atomic mass is 10.1. The van der Waals surface area contributed by atoms with Gasteiger partial charge in [0.25, 0.3) is 0 Å². The molecule has 0 radical (unpaired) electrons. The number of nitrogens with zero attached hydrogens (tertiary/aromatic N) is 3. The predicted octanol–water partition coefficient (Wildman–Crippen LogP) is 0.971. The molecule has 0 amide bonds.